The highest BCUT2D eigenvalue weighted by molar-refractivity contribution is 7.26. The second kappa shape index (κ2) is 10.1. The van der Waals surface area contributed by atoms with Crippen LogP contribution < -0.4 is 0 Å². The van der Waals surface area contributed by atoms with Gasteiger partial charge in [0.2, 0.25) is 0 Å². The quantitative estimate of drug-likeness (QED) is 0.188. The minimum Gasteiger partial charge on any atom is -0.309 e. The molecule has 0 aliphatic heterocycles. The predicted molar refractivity (Wildman–Crippen MR) is 208 cm³/mol. The summed E-state index contributed by atoms with van der Waals surface area (Å²) in [4.78, 5) is 5.28. The molecule has 3 nitrogen and oxygen atoms in total. The number of nitrogens with zero attached hydrogens (tertiary/aromatic N) is 3. The van der Waals surface area contributed by atoms with Crippen molar-refractivity contribution < 1.29 is 0 Å². The predicted octanol–water partition coefficient (Wildman–Crippen LogP) is 12.4. The molecule has 4 heteroatoms. The highest BCUT2D eigenvalue weighted by Gasteiger charge is 2.18. The summed E-state index contributed by atoms with van der Waals surface area (Å²) in [6.45, 7) is 0. The molecule has 0 atom stereocenters. The minimum atomic E-state index is 1.02. The van der Waals surface area contributed by atoms with E-state index in [9.17, 15) is 0 Å². The van der Waals surface area contributed by atoms with Crippen molar-refractivity contribution in [2.45, 2.75) is 0 Å². The average molecular weight is 642 g/mol. The number of imidazole rings is 1. The lowest BCUT2D eigenvalue weighted by atomic mass is 10.0. The molecule has 0 aliphatic rings. The zero-order chi connectivity index (χ0) is 32.1. The van der Waals surface area contributed by atoms with Crippen LogP contribution in [0.25, 0.3) is 97.5 Å². The van der Waals surface area contributed by atoms with Gasteiger partial charge >= 0.3 is 0 Å². The van der Waals surface area contributed by atoms with Gasteiger partial charge < -0.3 is 4.57 Å². The summed E-state index contributed by atoms with van der Waals surface area (Å²) in [5.74, 6) is 0. The second-order valence-electron chi connectivity index (χ2n) is 12.8. The fourth-order valence-electron chi connectivity index (χ4n) is 7.78. The SMILES string of the molecule is c1ccc2cc3c(cc2c1)nc1c2sc4ccccc4c2cc(-c2ccc(-c4ccc(-n5c6ccccc6c6ccccc65)cc4)cc2)n31. The molecular formula is C45H27N3S. The van der Waals surface area contributed by atoms with E-state index < -0.39 is 0 Å². The van der Waals surface area contributed by atoms with Gasteiger partial charge in [0, 0.05) is 31.9 Å². The number of benzene rings is 7. The van der Waals surface area contributed by atoms with Crippen LogP contribution in [0.5, 0.6) is 0 Å². The number of rotatable bonds is 3. The van der Waals surface area contributed by atoms with Crippen molar-refractivity contribution in [1.29, 1.82) is 0 Å². The van der Waals surface area contributed by atoms with E-state index in [0.717, 1.165) is 28.1 Å². The fraction of sp³-hybridized carbons (Fsp3) is 0. The first-order valence-corrected chi connectivity index (χ1v) is 17.4. The summed E-state index contributed by atoms with van der Waals surface area (Å²) in [7, 11) is 0. The van der Waals surface area contributed by atoms with Crippen LogP contribution in [0, 0.1) is 0 Å². The summed E-state index contributed by atoms with van der Waals surface area (Å²) in [5.41, 5.74) is 11.5. The van der Waals surface area contributed by atoms with Crippen LogP contribution in [0.3, 0.4) is 0 Å². The van der Waals surface area contributed by atoms with Gasteiger partial charge in [0.15, 0.2) is 5.65 Å². The lowest BCUT2D eigenvalue weighted by molar-refractivity contribution is 1.18. The molecule has 0 radical (unpaired) electrons. The maximum Gasteiger partial charge on any atom is 0.156 e. The number of aromatic nitrogens is 3. The van der Waals surface area contributed by atoms with E-state index in [0.29, 0.717) is 0 Å². The maximum absolute atomic E-state index is 5.28. The van der Waals surface area contributed by atoms with Crippen molar-refractivity contribution in [3.8, 4) is 28.1 Å². The average Bonchev–Trinajstić information content (AvgIpc) is 3.83. The number of thiophene rings is 1. The Balaban J connectivity index is 1.06. The molecular weight excluding hydrogens is 615 g/mol. The molecule has 228 valence electrons. The zero-order valence-electron chi connectivity index (χ0n) is 26.3. The normalized spacial score (nSPS) is 12.1. The Hall–Kier alpha value is -6.23. The van der Waals surface area contributed by atoms with Crippen LogP contribution in [0.15, 0.2) is 164 Å². The monoisotopic (exact) mass is 641 g/mol. The summed E-state index contributed by atoms with van der Waals surface area (Å²) in [6.07, 6.45) is 0. The lowest BCUT2D eigenvalue weighted by Gasteiger charge is -2.11. The number of pyridine rings is 1. The minimum absolute atomic E-state index is 1.02. The maximum atomic E-state index is 5.28. The molecule has 0 saturated heterocycles. The first-order valence-electron chi connectivity index (χ1n) is 16.6. The Morgan fingerprint density at radius 3 is 1.73 bits per heavy atom. The van der Waals surface area contributed by atoms with Gasteiger partial charge in [0.05, 0.1) is 32.5 Å². The van der Waals surface area contributed by atoms with Crippen LogP contribution in [0.4, 0.5) is 0 Å². The van der Waals surface area contributed by atoms with Crippen LogP contribution >= 0.6 is 11.3 Å². The Labute approximate surface area is 285 Å². The van der Waals surface area contributed by atoms with Gasteiger partial charge in [-0.3, -0.25) is 4.40 Å². The molecule has 0 amide bonds. The molecule has 11 aromatic rings. The van der Waals surface area contributed by atoms with Gasteiger partial charge in [0.1, 0.15) is 0 Å². The summed E-state index contributed by atoms with van der Waals surface area (Å²) < 4.78 is 7.25. The third kappa shape index (κ3) is 3.92. The molecule has 0 saturated carbocycles. The van der Waals surface area contributed by atoms with Crippen LogP contribution in [-0.2, 0) is 0 Å². The number of hydrogen-bond donors (Lipinski definition) is 0. The van der Waals surface area contributed by atoms with E-state index in [-0.39, 0.29) is 0 Å². The highest BCUT2D eigenvalue weighted by Crippen LogP contribution is 2.41. The first-order chi connectivity index (χ1) is 24.3. The van der Waals surface area contributed by atoms with Gasteiger partial charge in [-0.25, -0.2) is 4.98 Å². The Bertz CT molecular complexity index is 3030. The molecule has 4 aromatic heterocycles. The van der Waals surface area contributed by atoms with Crippen molar-refractivity contribution in [3.05, 3.63) is 164 Å². The van der Waals surface area contributed by atoms with Gasteiger partial charge in [-0.15, -0.1) is 11.3 Å². The van der Waals surface area contributed by atoms with Gasteiger partial charge in [-0.2, -0.15) is 0 Å². The van der Waals surface area contributed by atoms with E-state index >= 15 is 0 Å². The van der Waals surface area contributed by atoms with E-state index in [1.807, 2.05) is 11.3 Å². The van der Waals surface area contributed by atoms with Crippen LogP contribution in [-0.4, -0.2) is 14.0 Å². The molecule has 0 aliphatic carbocycles. The van der Waals surface area contributed by atoms with Crippen LogP contribution in [0.2, 0.25) is 0 Å². The van der Waals surface area contributed by atoms with Crippen molar-refractivity contribution in [2.24, 2.45) is 0 Å². The van der Waals surface area contributed by atoms with Crippen molar-refractivity contribution in [1.82, 2.24) is 14.0 Å². The fourth-order valence-corrected chi connectivity index (χ4v) is 8.95. The molecule has 7 aromatic carbocycles. The number of fused-ring (bicyclic) bond motifs is 11. The molecule has 4 heterocycles. The molecule has 0 fully saturated rings. The smallest absolute Gasteiger partial charge is 0.156 e. The first kappa shape index (κ1) is 26.8. The van der Waals surface area contributed by atoms with E-state index in [1.165, 1.54) is 69.4 Å². The number of para-hydroxylation sites is 2. The molecule has 0 N–H and O–H groups in total. The van der Waals surface area contributed by atoms with Gasteiger partial charge in [0.25, 0.3) is 0 Å². The van der Waals surface area contributed by atoms with E-state index in [1.54, 1.807) is 0 Å². The van der Waals surface area contributed by atoms with Gasteiger partial charge in [-0.1, -0.05) is 115 Å². The van der Waals surface area contributed by atoms with Crippen molar-refractivity contribution in [2.75, 3.05) is 0 Å². The Morgan fingerprint density at radius 1 is 0.449 bits per heavy atom. The van der Waals surface area contributed by atoms with E-state index in [2.05, 4.69) is 173 Å². The Kier molecular flexibility index (Phi) is 5.54. The second-order valence-corrected chi connectivity index (χ2v) is 13.9. The van der Waals surface area contributed by atoms with Crippen molar-refractivity contribution >= 4 is 80.8 Å². The summed E-state index contributed by atoms with van der Waals surface area (Å²) in [6, 6.07) is 59.5. The highest BCUT2D eigenvalue weighted by atomic mass is 32.1. The molecule has 11 rings (SSSR count). The third-order valence-corrected chi connectivity index (χ3v) is 11.3. The van der Waals surface area contributed by atoms with Gasteiger partial charge in [-0.05, 0) is 76.0 Å². The molecule has 49 heavy (non-hydrogen) atoms. The van der Waals surface area contributed by atoms with Crippen molar-refractivity contribution in [3.63, 3.8) is 0 Å². The third-order valence-electron chi connectivity index (χ3n) is 10.1. The summed E-state index contributed by atoms with van der Waals surface area (Å²) >= 11 is 1.83. The molecule has 0 unspecified atom stereocenters. The summed E-state index contributed by atoms with van der Waals surface area (Å²) in [5, 5.41) is 7.52. The topological polar surface area (TPSA) is 22.2 Å². The lowest BCUT2D eigenvalue weighted by Crippen LogP contribution is -1.94. The Morgan fingerprint density at radius 2 is 1.02 bits per heavy atom. The van der Waals surface area contributed by atoms with E-state index in [4.69, 9.17) is 4.98 Å². The molecule has 0 bridgehead atoms. The largest absolute Gasteiger partial charge is 0.309 e. The standard InChI is InChI=1S/C45H27N3S/c1-2-10-32-26-42-38(25-31(32)9-1)46-45-44-37(36-13-5-8-16-43(36)49-44)27-41(48(42)45)30-19-17-28(18-20-30)29-21-23-33(24-22-29)47-39-14-6-3-11-34(39)35-12-4-7-15-40(35)47/h1-27H. The molecule has 0 spiro atoms. The zero-order valence-corrected chi connectivity index (χ0v) is 27.2. The number of hydrogen-bond acceptors (Lipinski definition) is 2. The van der Waals surface area contributed by atoms with Crippen LogP contribution in [0.1, 0.15) is 0 Å².